The fraction of sp³-hybridized carbons (Fsp3) is 0.154. The van der Waals surface area contributed by atoms with Crippen LogP contribution in [0.1, 0.15) is 24.0 Å². The minimum Gasteiger partial charge on any atom is -0.309 e. The number of carbonyl (C=O) groups excluding carboxylic acids is 1. The van der Waals surface area contributed by atoms with Crippen molar-refractivity contribution < 1.29 is 4.79 Å². The van der Waals surface area contributed by atoms with Gasteiger partial charge in [0.2, 0.25) is 5.91 Å². The van der Waals surface area contributed by atoms with E-state index in [0.717, 1.165) is 5.56 Å². The number of aromatic amines is 1. The maximum Gasteiger partial charge on any atom is 0.232 e. The minimum atomic E-state index is -0.291. The summed E-state index contributed by atoms with van der Waals surface area (Å²) in [5.74, 6) is -0.131. The smallest absolute Gasteiger partial charge is 0.232 e. The predicted molar refractivity (Wildman–Crippen MR) is 66.8 cm³/mol. The molecule has 5 nitrogen and oxygen atoms in total. The van der Waals surface area contributed by atoms with E-state index < -0.39 is 0 Å². The summed E-state index contributed by atoms with van der Waals surface area (Å²) in [6, 6.07) is 11.4. The Kier molecular flexibility index (Phi) is 3.39. The molecular formula is C13H12N4O. The van der Waals surface area contributed by atoms with Crippen molar-refractivity contribution in [3.05, 3.63) is 47.7 Å². The first kappa shape index (κ1) is 11.9. The number of hydrogen-bond donors (Lipinski definition) is 2. The number of anilines is 1. The third-order valence-electron chi connectivity index (χ3n) is 2.70. The molecule has 2 aromatic rings. The van der Waals surface area contributed by atoms with Crippen LogP contribution in [0.25, 0.3) is 0 Å². The zero-order chi connectivity index (χ0) is 13.0. The summed E-state index contributed by atoms with van der Waals surface area (Å²) in [4.78, 5) is 12.0. The van der Waals surface area contributed by atoms with Crippen molar-refractivity contribution in [1.29, 1.82) is 5.26 Å². The van der Waals surface area contributed by atoms with Gasteiger partial charge in [-0.05, 0) is 12.5 Å². The minimum absolute atomic E-state index is 0.179. The second kappa shape index (κ2) is 5.15. The van der Waals surface area contributed by atoms with Gasteiger partial charge in [0.1, 0.15) is 17.5 Å². The van der Waals surface area contributed by atoms with Crippen molar-refractivity contribution in [2.75, 3.05) is 5.32 Å². The standard InChI is InChI=1S/C13H12N4O/c1-9(10-5-3-2-4-6-10)13(18)16-12-11(7-14)8-15-17-12/h2-6,8-9H,1H3,(H2,15,16,17,18). The van der Waals surface area contributed by atoms with Crippen molar-refractivity contribution in [1.82, 2.24) is 10.2 Å². The number of nitrogens with one attached hydrogen (secondary N) is 2. The van der Waals surface area contributed by atoms with Gasteiger partial charge in [0.25, 0.3) is 0 Å². The molecule has 90 valence electrons. The lowest BCUT2D eigenvalue weighted by Gasteiger charge is -2.11. The lowest BCUT2D eigenvalue weighted by atomic mass is 10.0. The van der Waals surface area contributed by atoms with Gasteiger partial charge < -0.3 is 5.32 Å². The Hall–Kier alpha value is -2.61. The van der Waals surface area contributed by atoms with Crippen LogP contribution in [0.5, 0.6) is 0 Å². The average Bonchev–Trinajstić information content (AvgIpc) is 2.86. The van der Waals surface area contributed by atoms with Crippen molar-refractivity contribution >= 4 is 11.7 Å². The van der Waals surface area contributed by atoms with Gasteiger partial charge in [-0.2, -0.15) is 10.4 Å². The third kappa shape index (κ3) is 2.38. The Morgan fingerprint density at radius 2 is 2.17 bits per heavy atom. The molecule has 1 heterocycles. The van der Waals surface area contributed by atoms with Gasteiger partial charge in [0, 0.05) is 0 Å². The van der Waals surface area contributed by atoms with Gasteiger partial charge in [-0.15, -0.1) is 0 Å². The van der Waals surface area contributed by atoms with Crippen LogP contribution in [0.2, 0.25) is 0 Å². The fourth-order valence-corrected chi connectivity index (χ4v) is 1.59. The molecule has 1 amide bonds. The Morgan fingerprint density at radius 1 is 1.44 bits per heavy atom. The number of H-pyrrole nitrogens is 1. The van der Waals surface area contributed by atoms with E-state index in [1.165, 1.54) is 6.20 Å². The normalized spacial score (nSPS) is 11.6. The van der Waals surface area contributed by atoms with Crippen molar-refractivity contribution in [2.45, 2.75) is 12.8 Å². The number of nitriles is 1. The molecule has 0 aliphatic carbocycles. The number of benzene rings is 1. The van der Waals surface area contributed by atoms with Crippen molar-refractivity contribution in [3.63, 3.8) is 0 Å². The number of aromatic nitrogens is 2. The summed E-state index contributed by atoms with van der Waals surface area (Å²) in [6.45, 7) is 1.81. The molecule has 1 aromatic heterocycles. The lowest BCUT2D eigenvalue weighted by Crippen LogP contribution is -2.19. The van der Waals surface area contributed by atoms with Crippen LogP contribution in [0, 0.1) is 11.3 Å². The molecular weight excluding hydrogens is 228 g/mol. The van der Waals surface area contributed by atoms with E-state index in [1.54, 1.807) is 0 Å². The maximum atomic E-state index is 12.0. The molecule has 0 fully saturated rings. The van der Waals surface area contributed by atoms with E-state index in [2.05, 4.69) is 15.5 Å². The van der Waals surface area contributed by atoms with Gasteiger partial charge in [-0.25, -0.2) is 0 Å². The van der Waals surface area contributed by atoms with Crippen LogP contribution in [-0.4, -0.2) is 16.1 Å². The van der Waals surface area contributed by atoms with E-state index in [1.807, 2.05) is 43.3 Å². The molecule has 1 unspecified atom stereocenters. The molecule has 2 rings (SSSR count). The second-order valence-corrected chi connectivity index (χ2v) is 3.89. The zero-order valence-electron chi connectivity index (χ0n) is 9.84. The quantitative estimate of drug-likeness (QED) is 0.861. The zero-order valence-corrected chi connectivity index (χ0v) is 9.84. The van der Waals surface area contributed by atoms with Gasteiger partial charge in [0.05, 0.1) is 12.1 Å². The molecule has 0 bridgehead atoms. The number of nitrogens with zero attached hydrogens (tertiary/aromatic N) is 2. The van der Waals surface area contributed by atoms with Crippen molar-refractivity contribution in [2.24, 2.45) is 0 Å². The van der Waals surface area contributed by atoms with Crippen LogP contribution in [0.3, 0.4) is 0 Å². The van der Waals surface area contributed by atoms with Gasteiger partial charge in [-0.3, -0.25) is 9.89 Å². The highest BCUT2D eigenvalue weighted by Crippen LogP contribution is 2.17. The van der Waals surface area contributed by atoms with Crippen LogP contribution < -0.4 is 5.32 Å². The van der Waals surface area contributed by atoms with E-state index in [0.29, 0.717) is 11.4 Å². The maximum absolute atomic E-state index is 12.0. The summed E-state index contributed by atoms with van der Waals surface area (Å²) in [6.07, 6.45) is 1.38. The summed E-state index contributed by atoms with van der Waals surface area (Å²) in [5.41, 5.74) is 1.25. The Labute approximate surface area is 104 Å². The molecule has 0 saturated carbocycles. The summed E-state index contributed by atoms with van der Waals surface area (Å²) >= 11 is 0. The van der Waals surface area contributed by atoms with Gasteiger partial charge >= 0.3 is 0 Å². The van der Waals surface area contributed by atoms with Gasteiger partial charge in [-0.1, -0.05) is 30.3 Å². The first-order valence-electron chi connectivity index (χ1n) is 5.51. The fourth-order valence-electron chi connectivity index (χ4n) is 1.59. The van der Waals surface area contributed by atoms with E-state index in [-0.39, 0.29) is 11.8 Å². The van der Waals surface area contributed by atoms with E-state index in [4.69, 9.17) is 5.26 Å². The van der Waals surface area contributed by atoms with Crippen LogP contribution in [0.4, 0.5) is 5.82 Å². The first-order chi connectivity index (χ1) is 8.72. The average molecular weight is 240 g/mol. The first-order valence-corrected chi connectivity index (χ1v) is 5.51. The molecule has 0 spiro atoms. The van der Waals surface area contributed by atoms with E-state index in [9.17, 15) is 4.79 Å². The number of amides is 1. The molecule has 1 atom stereocenters. The summed E-state index contributed by atoms with van der Waals surface area (Å²) < 4.78 is 0. The van der Waals surface area contributed by atoms with E-state index >= 15 is 0 Å². The highest BCUT2D eigenvalue weighted by Gasteiger charge is 2.17. The Morgan fingerprint density at radius 3 is 2.83 bits per heavy atom. The summed E-state index contributed by atoms with van der Waals surface area (Å²) in [5, 5.41) is 17.8. The molecule has 0 saturated heterocycles. The predicted octanol–water partition coefficient (Wildman–Crippen LogP) is 2.02. The summed E-state index contributed by atoms with van der Waals surface area (Å²) in [7, 11) is 0. The molecule has 0 aliphatic heterocycles. The monoisotopic (exact) mass is 240 g/mol. The van der Waals surface area contributed by atoms with Crippen LogP contribution in [0.15, 0.2) is 36.5 Å². The molecule has 18 heavy (non-hydrogen) atoms. The Balaban J connectivity index is 2.12. The number of rotatable bonds is 3. The largest absolute Gasteiger partial charge is 0.309 e. The van der Waals surface area contributed by atoms with Crippen molar-refractivity contribution in [3.8, 4) is 6.07 Å². The lowest BCUT2D eigenvalue weighted by molar-refractivity contribution is -0.117. The Bertz CT molecular complexity index is 583. The third-order valence-corrected chi connectivity index (χ3v) is 2.70. The molecule has 0 radical (unpaired) electrons. The molecule has 0 aliphatic rings. The number of carbonyl (C=O) groups is 1. The SMILES string of the molecule is CC(C(=O)Nc1[nH]ncc1C#N)c1ccccc1. The topological polar surface area (TPSA) is 81.6 Å². The second-order valence-electron chi connectivity index (χ2n) is 3.89. The highest BCUT2D eigenvalue weighted by atomic mass is 16.1. The number of hydrogen-bond acceptors (Lipinski definition) is 3. The highest BCUT2D eigenvalue weighted by molar-refractivity contribution is 5.95. The molecule has 2 N–H and O–H groups in total. The molecule has 1 aromatic carbocycles. The van der Waals surface area contributed by atoms with Crippen LogP contribution >= 0.6 is 0 Å². The molecule has 5 heteroatoms. The van der Waals surface area contributed by atoms with Gasteiger partial charge in [0.15, 0.2) is 0 Å². The van der Waals surface area contributed by atoms with Crippen LogP contribution in [-0.2, 0) is 4.79 Å².